The number of carbonyl (C=O) groups excluding carboxylic acids is 1. The summed E-state index contributed by atoms with van der Waals surface area (Å²) in [6.07, 6.45) is 0.224. The van der Waals surface area contributed by atoms with Crippen molar-refractivity contribution in [3.05, 3.63) is 45.9 Å². The van der Waals surface area contributed by atoms with E-state index in [1.807, 2.05) is 6.07 Å². The summed E-state index contributed by atoms with van der Waals surface area (Å²) < 4.78 is 23.2. The summed E-state index contributed by atoms with van der Waals surface area (Å²) in [5.74, 6) is 0.622. The van der Waals surface area contributed by atoms with Crippen molar-refractivity contribution in [1.82, 2.24) is 4.57 Å². The maximum Gasteiger partial charge on any atom is 0.419 e. The summed E-state index contributed by atoms with van der Waals surface area (Å²) in [5.41, 5.74) is 3.35. The van der Waals surface area contributed by atoms with Crippen molar-refractivity contribution in [2.24, 2.45) is 7.05 Å². The number of ether oxygens (including phenoxy) is 3. The number of hydrogen-bond donors (Lipinski definition) is 1. The molecule has 2 heterocycles. The van der Waals surface area contributed by atoms with Crippen LogP contribution in [0.15, 0.2) is 33.5 Å². The van der Waals surface area contributed by atoms with Crippen LogP contribution in [0.5, 0.6) is 17.2 Å². The summed E-state index contributed by atoms with van der Waals surface area (Å²) in [4.78, 5) is 24.3. The van der Waals surface area contributed by atoms with E-state index in [9.17, 15) is 9.59 Å². The molecule has 1 amide bonds. The molecule has 0 aliphatic carbocycles. The van der Waals surface area contributed by atoms with E-state index < -0.39 is 5.76 Å². The molecule has 146 valence electrons. The molecule has 1 aromatic heterocycles. The van der Waals surface area contributed by atoms with Gasteiger partial charge < -0.3 is 23.9 Å². The van der Waals surface area contributed by atoms with Crippen LogP contribution in [0.3, 0.4) is 0 Å². The number of benzene rings is 2. The highest BCUT2D eigenvalue weighted by molar-refractivity contribution is 5.98. The summed E-state index contributed by atoms with van der Waals surface area (Å²) in [6, 6.07) is 7.20. The van der Waals surface area contributed by atoms with Crippen LogP contribution >= 0.6 is 0 Å². The van der Waals surface area contributed by atoms with Crippen LogP contribution in [-0.4, -0.2) is 31.8 Å². The monoisotopic (exact) mass is 384 g/mol. The van der Waals surface area contributed by atoms with Gasteiger partial charge in [0, 0.05) is 30.6 Å². The molecule has 3 aromatic rings. The van der Waals surface area contributed by atoms with Gasteiger partial charge in [-0.25, -0.2) is 4.79 Å². The van der Waals surface area contributed by atoms with Gasteiger partial charge in [-0.2, -0.15) is 0 Å². The van der Waals surface area contributed by atoms with E-state index in [0.29, 0.717) is 34.0 Å². The fourth-order valence-corrected chi connectivity index (χ4v) is 3.76. The van der Waals surface area contributed by atoms with Gasteiger partial charge >= 0.3 is 5.76 Å². The third-order valence-corrected chi connectivity index (χ3v) is 5.11. The summed E-state index contributed by atoms with van der Waals surface area (Å²) in [5, 5.41) is 2.88. The number of anilines is 1. The first-order valence-corrected chi connectivity index (χ1v) is 8.70. The van der Waals surface area contributed by atoms with E-state index in [0.717, 1.165) is 11.1 Å². The number of methoxy groups -OCH3 is 3. The average Bonchev–Trinajstić information content (AvgIpc) is 2.97. The second-order valence-electron chi connectivity index (χ2n) is 6.56. The molecule has 28 heavy (non-hydrogen) atoms. The summed E-state index contributed by atoms with van der Waals surface area (Å²) in [6.45, 7) is 0. The van der Waals surface area contributed by atoms with Gasteiger partial charge in [-0.05, 0) is 23.8 Å². The molecular weight excluding hydrogens is 364 g/mol. The molecule has 0 radical (unpaired) electrons. The molecule has 1 N–H and O–H groups in total. The van der Waals surface area contributed by atoms with Gasteiger partial charge in [-0.15, -0.1) is 0 Å². The molecule has 0 unspecified atom stereocenters. The Morgan fingerprint density at radius 1 is 1.04 bits per heavy atom. The van der Waals surface area contributed by atoms with Crippen molar-refractivity contribution in [3.8, 4) is 17.2 Å². The number of aromatic nitrogens is 1. The first-order chi connectivity index (χ1) is 13.5. The number of carbonyl (C=O) groups is 1. The molecule has 0 bridgehead atoms. The van der Waals surface area contributed by atoms with Crippen LogP contribution in [0, 0.1) is 0 Å². The SMILES string of the molecule is COc1ccc([C@@H]2CC(=O)Nc3cc4c(cc32)oc(=O)n4C)c(OC)c1OC. The Hall–Kier alpha value is -3.42. The van der Waals surface area contributed by atoms with Gasteiger partial charge in [0.15, 0.2) is 17.1 Å². The topological polar surface area (TPSA) is 91.9 Å². The van der Waals surface area contributed by atoms with Crippen LogP contribution in [0.1, 0.15) is 23.5 Å². The van der Waals surface area contributed by atoms with Crippen molar-refractivity contribution < 1.29 is 23.4 Å². The zero-order valence-corrected chi connectivity index (χ0v) is 16.0. The molecular formula is C20H20N2O6. The number of amides is 1. The van der Waals surface area contributed by atoms with E-state index >= 15 is 0 Å². The molecule has 1 aliphatic rings. The Morgan fingerprint density at radius 2 is 1.79 bits per heavy atom. The molecule has 0 saturated carbocycles. The lowest BCUT2D eigenvalue weighted by Gasteiger charge is -2.28. The third-order valence-electron chi connectivity index (χ3n) is 5.11. The minimum absolute atomic E-state index is 0.123. The molecule has 1 aliphatic heterocycles. The van der Waals surface area contributed by atoms with Crippen molar-refractivity contribution >= 4 is 22.7 Å². The minimum Gasteiger partial charge on any atom is -0.493 e. The predicted molar refractivity (Wildman–Crippen MR) is 103 cm³/mol. The predicted octanol–water partition coefficient (Wildman–Crippen LogP) is 2.63. The quantitative estimate of drug-likeness (QED) is 0.744. The number of nitrogens with one attached hydrogen (secondary N) is 1. The van der Waals surface area contributed by atoms with Crippen molar-refractivity contribution in [2.75, 3.05) is 26.6 Å². The second-order valence-corrected chi connectivity index (χ2v) is 6.56. The number of nitrogens with zero attached hydrogens (tertiary/aromatic N) is 1. The first kappa shape index (κ1) is 18.0. The zero-order chi connectivity index (χ0) is 20.0. The fourth-order valence-electron chi connectivity index (χ4n) is 3.76. The molecule has 1 atom stereocenters. The summed E-state index contributed by atoms with van der Waals surface area (Å²) >= 11 is 0. The molecule has 0 fully saturated rings. The fraction of sp³-hybridized carbons (Fsp3) is 0.300. The Kier molecular flexibility index (Phi) is 4.26. The number of oxazole rings is 1. The zero-order valence-electron chi connectivity index (χ0n) is 16.0. The molecule has 4 rings (SSSR count). The Bertz CT molecular complexity index is 1140. The molecule has 8 nitrogen and oxygen atoms in total. The number of hydrogen-bond acceptors (Lipinski definition) is 6. The standard InChI is InChI=1S/C20H20N2O6/c1-22-14-9-13-12(7-16(14)28-20(22)24)11(8-17(23)21-13)10-5-6-15(25-2)19(27-4)18(10)26-3/h5-7,9,11H,8H2,1-4H3,(H,21,23)/t11-/m0/s1. The highest BCUT2D eigenvalue weighted by atomic mass is 16.5. The van der Waals surface area contributed by atoms with E-state index in [1.54, 1.807) is 39.5 Å². The van der Waals surface area contributed by atoms with Crippen LogP contribution in [-0.2, 0) is 11.8 Å². The van der Waals surface area contributed by atoms with Crippen LogP contribution in [0.25, 0.3) is 11.1 Å². The second kappa shape index (κ2) is 6.63. The normalized spacial score (nSPS) is 15.9. The number of fused-ring (bicyclic) bond motifs is 2. The molecule has 0 spiro atoms. The van der Waals surface area contributed by atoms with Crippen LogP contribution < -0.4 is 25.3 Å². The number of aryl methyl sites for hydroxylation is 1. The first-order valence-electron chi connectivity index (χ1n) is 8.70. The molecule has 2 aromatic carbocycles. The Morgan fingerprint density at radius 3 is 2.46 bits per heavy atom. The maximum absolute atomic E-state index is 12.4. The van der Waals surface area contributed by atoms with Crippen LogP contribution in [0.2, 0.25) is 0 Å². The van der Waals surface area contributed by atoms with Crippen molar-refractivity contribution in [3.63, 3.8) is 0 Å². The van der Waals surface area contributed by atoms with Gasteiger partial charge in [0.2, 0.25) is 11.7 Å². The Labute approximate surface area is 160 Å². The van der Waals surface area contributed by atoms with Crippen molar-refractivity contribution in [2.45, 2.75) is 12.3 Å². The largest absolute Gasteiger partial charge is 0.493 e. The molecule has 8 heteroatoms. The van der Waals surface area contributed by atoms with E-state index in [2.05, 4.69) is 5.32 Å². The maximum atomic E-state index is 12.4. The third kappa shape index (κ3) is 2.60. The van der Waals surface area contributed by atoms with Gasteiger partial charge in [0.1, 0.15) is 0 Å². The Balaban J connectivity index is 1.95. The lowest BCUT2D eigenvalue weighted by molar-refractivity contribution is -0.116. The summed E-state index contributed by atoms with van der Waals surface area (Å²) in [7, 11) is 6.26. The average molecular weight is 384 g/mol. The van der Waals surface area contributed by atoms with E-state index in [-0.39, 0.29) is 18.2 Å². The van der Waals surface area contributed by atoms with E-state index in [4.69, 9.17) is 18.6 Å². The highest BCUT2D eigenvalue weighted by Crippen LogP contribution is 2.48. The van der Waals surface area contributed by atoms with Crippen molar-refractivity contribution in [1.29, 1.82) is 0 Å². The van der Waals surface area contributed by atoms with Gasteiger partial charge in [-0.1, -0.05) is 6.07 Å². The number of rotatable bonds is 4. The lowest BCUT2D eigenvalue weighted by atomic mass is 9.84. The van der Waals surface area contributed by atoms with Crippen LogP contribution in [0.4, 0.5) is 5.69 Å². The highest BCUT2D eigenvalue weighted by Gasteiger charge is 2.32. The lowest BCUT2D eigenvalue weighted by Crippen LogP contribution is -2.24. The smallest absolute Gasteiger partial charge is 0.419 e. The van der Waals surface area contributed by atoms with Gasteiger partial charge in [0.25, 0.3) is 0 Å². The van der Waals surface area contributed by atoms with E-state index in [1.165, 1.54) is 11.7 Å². The van der Waals surface area contributed by atoms with Gasteiger partial charge in [-0.3, -0.25) is 9.36 Å². The molecule has 0 saturated heterocycles. The minimum atomic E-state index is -0.455. The van der Waals surface area contributed by atoms with Gasteiger partial charge in [0.05, 0.1) is 26.8 Å².